The van der Waals surface area contributed by atoms with Crippen LogP contribution in [0, 0.1) is 0 Å². The predicted octanol–water partition coefficient (Wildman–Crippen LogP) is 4.31. The van der Waals surface area contributed by atoms with Gasteiger partial charge in [-0.3, -0.25) is 4.90 Å². The van der Waals surface area contributed by atoms with Gasteiger partial charge in [0.15, 0.2) is 0 Å². The third kappa shape index (κ3) is 4.23. The standard InChI is InChI=1S/C22H29NO2/c1-22(2,3)18-12-17(14-23-11-7-10-19(24)15-23)21(25)20(13-18)16-8-5-4-6-9-16/h4-6,8-9,12-13,19,24-25H,7,10-11,14-15H2,1-3H3. The van der Waals surface area contributed by atoms with Crippen molar-refractivity contribution in [1.29, 1.82) is 0 Å². The molecule has 3 nitrogen and oxygen atoms in total. The third-order valence-electron chi connectivity index (χ3n) is 5.01. The topological polar surface area (TPSA) is 43.7 Å². The molecule has 2 N–H and O–H groups in total. The van der Waals surface area contributed by atoms with Crippen molar-refractivity contribution < 1.29 is 10.2 Å². The molecule has 0 saturated carbocycles. The Labute approximate surface area is 150 Å². The van der Waals surface area contributed by atoms with E-state index in [-0.39, 0.29) is 11.5 Å². The fourth-order valence-corrected chi connectivity index (χ4v) is 3.50. The van der Waals surface area contributed by atoms with E-state index in [1.165, 1.54) is 5.56 Å². The highest BCUT2D eigenvalue weighted by molar-refractivity contribution is 5.73. The second-order valence-corrected chi connectivity index (χ2v) is 8.18. The number of benzene rings is 2. The van der Waals surface area contributed by atoms with Crippen LogP contribution in [-0.4, -0.2) is 34.3 Å². The second kappa shape index (κ2) is 7.19. The third-order valence-corrected chi connectivity index (χ3v) is 5.01. The van der Waals surface area contributed by atoms with Crippen molar-refractivity contribution in [2.24, 2.45) is 0 Å². The van der Waals surface area contributed by atoms with Crippen LogP contribution in [0.1, 0.15) is 44.7 Å². The summed E-state index contributed by atoms with van der Waals surface area (Å²) in [7, 11) is 0. The van der Waals surface area contributed by atoms with Crippen molar-refractivity contribution in [2.75, 3.05) is 13.1 Å². The summed E-state index contributed by atoms with van der Waals surface area (Å²) in [5, 5.41) is 20.9. The van der Waals surface area contributed by atoms with Crippen LogP contribution in [-0.2, 0) is 12.0 Å². The number of hydrogen-bond donors (Lipinski definition) is 2. The van der Waals surface area contributed by atoms with Crippen LogP contribution in [0.25, 0.3) is 11.1 Å². The quantitative estimate of drug-likeness (QED) is 0.875. The average Bonchev–Trinajstić information content (AvgIpc) is 2.56. The lowest BCUT2D eigenvalue weighted by atomic mass is 9.83. The summed E-state index contributed by atoms with van der Waals surface area (Å²) in [6.45, 7) is 8.91. The Kier molecular flexibility index (Phi) is 5.16. The Hall–Kier alpha value is -1.84. The summed E-state index contributed by atoms with van der Waals surface area (Å²) in [6.07, 6.45) is 1.63. The van der Waals surface area contributed by atoms with Crippen molar-refractivity contribution in [2.45, 2.75) is 51.7 Å². The Bertz CT molecular complexity index is 719. The van der Waals surface area contributed by atoms with Crippen LogP contribution in [0.5, 0.6) is 5.75 Å². The van der Waals surface area contributed by atoms with E-state index in [9.17, 15) is 10.2 Å². The summed E-state index contributed by atoms with van der Waals surface area (Å²) < 4.78 is 0. The summed E-state index contributed by atoms with van der Waals surface area (Å²) >= 11 is 0. The molecule has 2 aromatic carbocycles. The summed E-state index contributed by atoms with van der Waals surface area (Å²) in [6, 6.07) is 14.3. The lowest BCUT2D eigenvalue weighted by Gasteiger charge is -2.31. The second-order valence-electron chi connectivity index (χ2n) is 8.18. The first-order valence-corrected chi connectivity index (χ1v) is 9.17. The Morgan fingerprint density at radius 2 is 1.84 bits per heavy atom. The summed E-state index contributed by atoms with van der Waals surface area (Å²) in [4.78, 5) is 2.24. The molecule has 1 heterocycles. The molecule has 3 heteroatoms. The molecule has 1 aliphatic rings. The van der Waals surface area contributed by atoms with Crippen molar-refractivity contribution in [3.05, 3.63) is 53.6 Å². The number of aliphatic hydroxyl groups is 1. The van der Waals surface area contributed by atoms with E-state index in [1.54, 1.807) is 0 Å². The number of rotatable bonds is 3. The molecular weight excluding hydrogens is 310 g/mol. The summed E-state index contributed by atoms with van der Waals surface area (Å²) in [5.41, 5.74) is 4.09. The van der Waals surface area contributed by atoms with Crippen molar-refractivity contribution >= 4 is 0 Å². The van der Waals surface area contributed by atoms with Gasteiger partial charge in [0.2, 0.25) is 0 Å². The van der Waals surface area contributed by atoms with Gasteiger partial charge >= 0.3 is 0 Å². The lowest BCUT2D eigenvalue weighted by molar-refractivity contribution is 0.0664. The number of aliphatic hydroxyl groups excluding tert-OH is 1. The van der Waals surface area contributed by atoms with Crippen LogP contribution >= 0.6 is 0 Å². The van der Waals surface area contributed by atoms with Crippen molar-refractivity contribution in [1.82, 2.24) is 4.90 Å². The molecule has 0 bridgehead atoms. The van der Waals surface area contributed by atoms with Gasteiger partial charge in [0.05, 0.1) is 6.10 Å². The number of β-amino-alcohol motifs (C(OH)–C–C–N with tert-alkyl or cyclic N) is 1. The maximum atomic E-state index is 10.9. The number of phenols is 1. The number of nitrogens with zero attached hydrogens (tertiary/aromatic N) is 1. The average molecular weight is 339 g/mol. The van der Waals surface area contributed by atoms with Gasteiger partial charge < -0.3 is 10.2 Å². The molecule has 0 spiro atoms. The minimum Gasteiger partial charge on any atom is -0.507 e. The minimum absolute atomic E-state index is 0.00733. The lowest BCUT2D eigenvalue weighted by Crippen LogP contribution is -2.37. The van der Waals surface area contributed by atoms with Crippen LogP contribution in [0.4, 0.5) is 0 Å². The fourth-order valence-electron chi connectivity index (χ4n) is 3.50. The molecule has 0 amide bonds. The van der Waals surface area contributed by atoms with Gasteiger partial charge in [-0.25, -0.2) is 0 Å². The number of likely N-dealkylation sites (tertiary alicyclic amines) is 1. The molecule has 0 radical (unpaired) electrons. The zero-order valence-corrected chi connectivity index (χ0v) is 15.5. The molecule has 3 rings (SSSR count). The Morgan fingerprint density at radius 3 is 2.48 bits per heavy atom. The van der Waals surface area contributed by atoms with E-state index in [0.717, 1.165) is 36.1 Å². The molecular formula is C22H29NO2. The van der Waals surface area contributed by atoms with Gasteiger partial charge in [-0.1, -0.05) is 57.2 Å². The first-order valence-electron chi connectivity index (χ1n) is 9.17. The maximum Gasteiger partial charge on any atom is 0.127 e. The maximum absolute atomic E-state index is 10.9. The van der Waals surface area contributed by atoms with Gasteiger partial charge in [0, 0.05) is 24.2 Å². The number of hydrogen-bond acceptors (Lipinski definition) is 3. The first-order chi connectivity index (χ1) is 11.8. The zero-order valence-electron chi connectivity index (χ0n) is 15.5. The van der Waals surface area contributed by atoms with E-state index < -0.39 is 0 Å². The van der Waals surface area contributed by atoms with Crippen molar-refractivity contribution in [3.8, 4) is 16.9 Å². The Balaban J connectivity index is 2.01. The molecule has 2 aromatic rings. The molecule has 0 aliphatic carbocycles. The van der Waals surface area contributed by atoms with Crippen LogP contribution < -0.4 is 0 Å². The molecule has 1 fully saturated rings. The van der Waals surface area contributed by atoms with Gasteiger partial charge in [-0.15, -0.1) is 0 Å². The smallest absolute Gasteiger partial charge is 0.127 e. The highest BCUT2D eigenvalue weighted by Gasteiger charge is 2.23. The molecule has 134 valence electrons. The highest BCUT2D eigenvalue weighted by Crippen LogP contribution is 2.38. The predicted molar refractivity (Wildman–Crippen MR) is 103 cm³/mol. The minimum atomic E-state index is -0.254. The van der Waals surface area contributed by atoms with Crippen LogP contribution in [0.2, 0.25) is 0 Å². The first kappa shape index (κ1) is 18.0. The van der Waals surface area contributed by atoms with Gasteiger partial charge in [0.1, 0.15) is 5.75 Å². The van der Waals surface area contributed by atoms with Crippen LogP contribution in [0.15, 0.2) is 42.5 Å². The molecule has 1 saturated heterocycles. The number of phenolic OH excluding ortho intramolecular Hbond substituents is 1. The van der Waals surface area contributed by atoms with E-state index in [4.69, 9.17) is 0 Å². The molecule has 1 unspecified atom stereocenters. The largest absolute Gasteiger partial charge is 0.507 e. The summed E-state index contributed by atoms with van der Waals surface area (Å²) in [5.74, 6) is 0.360. The molecule has 1 aliphatic heterocycles. The number of piperidine rings is 1. The molecule has 25 heavy (non-hydrogen) atoms. The fraction of sp³-hybridized carbons (Fsp3) is 0.455. The monoisotopic (exact) mass is 339 g/mol. The van der Waals surface area contributed by atoms with E-state index in [2.05, 4.69) is 37.8 Å². The van der Waals surface area contributed by atoms with E-state index in [1.807, 2.05) is 30.3 Å². The van der Waals surface area contributed by atoms with E-state index in [0.29, 0.717) is 18.8 Å². The van der Waals surface area contributed by atoms with Gasteiger partial charge in [0.25, 0.3) is 0 Å². The Morgan fingerprint density at radius 1 is 1.12 bits per heavy atom. The van der Waals surface area contributed by atoms with E-state index >= 15 is 0 Å². The SMILES string of the molecule is CC(C)(C)c1cc(CN2CCCC(O)C2)c(O)c(-c2ccccc2)c1. The van der Waals surface area contributed by atoms with Crippen LogP contribution in [0.3, 0.4) is 0 Å². The van der Waals surface area contributed by atoms with Gasteiger partial charge in [-0.2, -0.15) is 0 Å². The molecule has 1 atom stereocenters. The van der Waals surface area contributed by atoms with Gasteiger partial charge in [-0.05, 0) is 42.0 Å². The normalized spacial score (nSPS) is 19.1. The van der Waals surface area contributed by atoms with Crippen molar-refractivity contribution in [3.63, 3.8) is 0 Å². The number of aromatic hydroxyl groups is 1. The zero-order chi connectivity index (χ0) is 18.0. The highest BCUT2D eigenvalue weighted by atomic mass is 16.3. The molecule has 0 aromatic heterocycles.